The lowest BCUT2D eigenvalue weighted by Crippen LogP contribution is -2.37. The Morgan fingerprint density at radius 2 is 2.24 bits per heavy atom. The van der Waals surface area contributed by atoms with E-state index in [4.69, 9.17) is 4.98 Å². The average molecular weight is 288 g/mol. The second kappa shape index (κ2) is 5.75. The highest BCUT2D eigenvalue weighted by Crippen LogP contribution is 2.21. The molecule has 5 nitrogen and oxygen atoms in total. The van der Waals surface area contributed by atoms with Crippen molar-refractivity contribution in [1.29, 1.82) is 0 Å². The van der Waals surface area contributed by atoms with Crippen molar-refractivity contribution in [3.63, 3.8) is 0 Å². The van der Waals surface area contributed by atoms with Crippen LogP contribution in [0.25, 0.3) is 5.65 Å². The summed E-state index contributed by atoms with van der Waals surface area (Å²) in [6.45, 7) is 4.60. The molecule has 1 aliphatic rings. The fraction of sp³-hybridized carbons (Fsp3) is 0.562. The van der Waals surface area contributed by atoms with Crippen LogP contribution in [0.1, 0.15) is 17.7 Å². The summed E-state index contributed by atoms with van der Waals surface area (Å²) in [5.74, 6) is 0. The van der Waals surface area contributed by atoms with Crippen LogP contribution < -0.4 is 0 Å². The number of aryl methyl sites for hydroxylation is 1. The van der Waals surface area contributed by atoms with Gasteiger partial charge in [0.15, 0.2) is 0 Å². The number of aromatic nitrogens is 2. The summed E-state index contributed by atoms with van der Waals surface area (Å²) in [6, 6.07) is 4.53. The molecule has 2 unspecified atom stereocenters. The van der Waals surface area contributed by atoms with Gasteiger partial charge in [-0.2, -0.15) is 0 Å². The highest BCUT2D eigenvalue weighted by atomic mass is 16.3. The second-order valence-corrected chi connectivity index (χ2v) is 6.39. The Morgan fingerprint density at radius 1 is 1.43 bits per heavy atom. The van der Waals surface area contributed by atoms with Crippen LogP contribution in [0.5, 0.6) is 0 Å². The second-order valence-electron chi connectivity index (χ2n) is 6.39. The standard InChI is InChI=1S/C16H24N4O/c1-12-5-4-6-19-8-13(17-16(12)19)9-20-11-15(21)7-14(20)10-18(2)3/h4-6,8,14-15,21H,7,9-11H2,1-3H3. The molecule has 3 heterocycles. The molecule has 0 bridgehead atoms. The van der Waals surface area contributed by atoms with Crippen molar-refractivity contribution in [2.45, 2.75) is 32.0 Å². The topological polar surface area (TPSA) is 44.0 Å². The zero-order valence-corrected chi connectivity index (χ0v) is 13.0. The van der Waals surface area contributed by atoms with Crippen LogP contribution in [-0.4, -0.2) is 63.6 Å². The Hall–Kier alpha value is -1.43. The molecule has 1 fully saturated rings. The molecule has 2 aromatic heterocycles. The quantitative estimate of drug-likeness (QED) is 0.916. The zero-order chi connectivity index (χ0) is 15.0. The van der Waals surface area contributed by atoms with Crippen molar-refractivity contribution in [2.24, 2.45) is 0 Å². The van der Waals surface area contributed by atoms with E-state index >= 15 is 0 Å². The first-order chi connectivity index (χ1) is 10.0. The lowest BCUT2D eigenvalue weighted by molar-refractivity contribution is 0.168. The van der Waals surface area contributed by atoms with Crippen LogP contribution in [0.4, 0.5) is 0 Å². The predicted octanol–water partition coefficient (Wildman–Crippen LogP) is 1.14. The van der Waals surface area contributed by atoms with Gasteiger partial charge < -0.3 is 14.4 Å². The molecule has 114 valence electrons. The number of likely N-dealkylation sites (tertiary alicyclic amines) is 1. The number of likely N-dealkylation sites (N-methyl/N-ethyl adjacent to an activating group) is 1. The van der Waals surface area contributed by atoms with Gasteiger partial charge in [0.2, 0.25) is 0 Å². The van der Waals surface area contributed by atoms with Crippen molar-refractivity contribution in [1.82, 2.24) is 19.2 Å². The normalized spacial score (nSPS) is 23.5. The summed E-state index contributed by atoms with van der Waals surface area (Å²) in [4.78, 5) is 9.27. The molecule has 2 atom stereocenters. The summed E-state index contributed by atoms with van der Waals surface area (Å²) < 4.78 is 2.08. The van der Waals surface area contributed by atoms with Crippen molar-refractivity contribution in [2.75, 3.05) is 27.2 Å². The van der Waals surface area contributed by atoms with Gasteiger partial charge in [0.1, 0.15) is 5.65 Å². The Balaban J connectivity index is 1.78. The van der Waals surface area contributed by atoms with Crippen molar-refractivity contribution in [3.8, 4) is 0 Å². The van der Waals surface area contributed by atoms with E-state index in [-0.39, 0.29) is 6.10 Å². The Bertz CT molecular complexity index is 622. The molecule has 2 aromatic rings. The maximum absolute atomic E-state index is 9.96. The van der Waals surface area contributed by atoms with E-state index in [9.17, 15) is 5.11 Å². The molecule has 3 rings (SSSR count). The number of fused-ring (bicyclic) bond motifs is 1. The van der Waals surface area contributed by atoms with Gasteiger partial charge in [-0.3, -0.25) is 4.90 Å². The summed E-state index contributed by atoms with van der Waals surface area (Å²) >= 11 is 0. The molecule has 0 amide bonds. The van der Waals surface area contributed by atoms with Gasteiger partial charge in [0, 0.05) is 38.1 Å². The Kier molecular flexibility index (Phi) is 3.97. The van der Waals surface area contributed by atoms with Gasteiger partial charge in [-0.1, -0.05) is 6.07 Å². The number of β-amino-alcohol motifs (C(OH)–C–C–N with tert-alkyl or cyclic N) is 1. The van der Waals surface area contributed by atoms with Gasteiger partial charge in [-0.25, -0.2) is 4.98 Å². The van der Waals surface area contributed by atoms with E-state index in [1.54, 1.807) is 0 Å². The highest BCUT2D eigenvalue weighted by Gasteiger charge is 2.31. The SMILES string of the molecule is Cc1cccn2cc(CN3CC(O)CC3CN(C)C)nc12. The van der Waals surface area contributed by atoms with Crippen LogP contribution in [0.15, 0.2) is 24.5 Å². The van der Waals surface area contributed by atoms with Crippen LogP contribution in [0.2, 0.25) is 0 Å². The maximum atomic E-state index is 9.96. The lowest BCUT2D eigenvalue weighted by Gasteiger charge is -2.25. The summed E-state index contributed by atoms with van der Waals surface area (Å²) in [7, 11) is 4.16. The van der Waals surface area contributed by atoms with Gasteiger partial charge in [-0.05, 0) is 39.1 Å². The Labute approximate surface area is 125 Å². The fourth-order valence-corrected chi connectivity index (χ4v) is 3.25. The summed E-state index contributed by atoms with van der Waals surface area (Å²) in [6.07, 6.45) is 4.77. The molecule has 21 heavy (non-hydrogen) atoms. The highest BCUT2D eigenvalue weighted by molar-refractivity contribution is 5.47. The van der Waals surface area contributed by atoms with E-state index in [0.717, 1.165) is 37.4 Å². The van der Waals surface area contributed by atoms with E-state index < -0.39 is 0 Å². The first-order valence-electron chi connectivity index (χ1n) is 7.53. The Morgan fingerprint density at radius 3 is 2.95 bits per heavy atom. The summed E-state index contributed by atoms with van der Waals surface area (Å²) in [5.41, 5.74) is 3.29. The zero-order valence-electron chi connectivity index (χ0n) is 13.0. The van der Waals surface area contributed by atoms with Gasteiger partial charge in [0.05, 0.1) is 11.8 Å². The number of hydrogen-bond donors (Lipinski definition) is 1. The largest absolute Gasteiger partial charge is 0.392 e. The van der Waals surface area contributed by atoms with Gasteiger partial charge >= 0.3 is 0 Å². The van der Waals surface area contributed by atoms with Crippen LogP contribution >= 0.6 is 0 Å². The van der Waals surface area contributed by atoms with Crippen molar-refractivity contribution in [3.05, 3.63) is 35.8 Å². The van der Waals surface area contributed by atoms with Crippen LogP contribution in [0, 0.1) is 6.92 Å². The van der Waals surface area contributed by atoms with E-state index in [1.165, 1.54) is 5.56 Å². The number of rotatable bonds is 4. The molecule has 5 heteroatoms. The third-order valence-corrected chi connectivity index (χ3v) is 4.17. The van der Waals surface area contributed by atoms with Gasteiger partial charge in [-0.15, -0.1) is 0 Å². The first kappa shape index (κ1) is 14.5. The minimum absolute atomic E-state index is 0.214. The van der Waals surface area contributed by atoms with E-state index in [2.05, 4.69) is 47.5 Å². The number of pyridine rings is 1. The number of imidazole rings is 1. The molecule has 0 saturated carbocycles. The van der Waals surface area contributed by atoms with Crippen molar-refractivity contribution < 1.29 is 5.11 Å². The summed E-state index contributed by atoms with van der Waals surface area (Å²) in [5, 5.41) is 9.96. The minimum Gasteiger partial charge on any atom is -0.392 e. The first-order valence-corrected chi connectivity index (χ1v) is 7.53. The average Bonchev–Trinajstić information content (AvgIpc) is 2.94. The number of hydrogen-bond acceptors (Lipinski definition) is 4. The van der Waals surface area contributed by atoms with E-state index in [1.807, 2.05) is 12.3 Å². The molecule has 1 aliphatic heterocycles. The predicted molar refractivity (Wildman–Crippen MR) is 83.3 cm³/mol. The number of nitrogens with zero attached hydrogens (tertiary/aromatic N) is 4. The molecular formula is C16H24N4O. The molecule has 0 radical (unpaired) electrons. The van der Waals surface area contributed by atoms with Gasteiger partial charge in [0.25, 0.3) is 0 Å². The molecule has 0 aliphatic carbocycles. The minimum atomic E-state index is -0.214. The number of aliphatic hydroxyl groups is 1. The molecule has 1 saturated heterocycles. The molecule has 1 N–H and O–H groups in total. The molecule has 0 spiro atoms. The third-order valence-electron chi connectivity index (χ3n) is 4.17. The fourth-order valence-electron chi connectivity index (χ4n) is 3.25. The third kappa shape index (κ3) is 3.10. The molecule has 0 aromatic carbocycles. The van der Waals surface area contributed by atoms with Crippen LogP contribution in [-0.2, 0) is 6.54 Å². The van der Waals surface area contributed by atoms with Crippen LogP contribution in [0.3, 0.4) is 0 Å². The maximum Gasteiger partial charge on any atom is 0.139 e. The van der Waals surface area contributed by atoms with Crippen molar-refractivity contribution >= 4 is 5.65 Å². The number of aliphatic hydroxyl groups excluding tert-OH is 1. The van der Waals surface area contributed by atoms with E-state index in [0.29, 0.717) is 6.04 Å². The smallest absolute Gasteiger partial charge is 0.139 e. The monoisotopic (exact) mass is 288 g/mol. The lowest BCUT2D eigenvalue weighted by atomic mass is 10.2. The molecular weight excluding hydrogens is 264 g/mol.